The predicted octanol–water partition coefficient (Wildman–Crippen LogP) is 4.42. The molecule has 0 radical (unpaired) electrons. The maximum atomic E-state index is 13.3. The van der Waals surface area contributed by atoms with E-state index >= 15 is 0 Å². The lowest BCUT2D eigenvalue weighted by Gasteiger charge is -2.13. The van der Waals surface area contributed by atoms with Crippen molar-refractivity contribution in [3.8, 4) is 0 Å². The SMILES string of the molecule is CN(C)c1ccc(Nc2ccnc(C(=O)Nc3ccc(F)c(F)c3)c2)cc1. The first-order valence-corrected chi connectivity index (χ1v) is 8.19. The third-order valence-corrected chi connectivity index (χ3v) is 3.84. The Morgan fingerprint density at radius 2 is 1.59 bits per heavy atom. The van der Waals surface area contributed by atoms with E-state index in [4.69, 9.17) is 0 Å². The molecule has 0 saturated carbocycles. The number of nitrogens with one attached hydrogen (secondary N) is 2. The number of pyridine rings is 1. The van der Waals surface area contributed by atoms with E-state index in [2.05, 4.69) is 15.6 Å². The molecule has 1 heterocycles. The Morgan fingerprint density at radius 3 is 2.26 bits per heavy atom. The molecular formula is C20H18F2N4O. The zero-order valence-corrected chi connectivity index (χ0v) is 14.8. The molecule has 0 fully saturated rings. The van der Waals surface area contributed by atoms with Gasteiger partial charge in [0, 0.05) is 49.1 Å². The molecule has 1 aromatic heterocycles. The highest BCUT2D eigenvalue weighted by atomic mass is 19.2. The van der Waals surface area contributed by atoms with Crippen LogP contribution in [0.3, 0.4) is 0 Å². The standard InChI is InChI=1S/C20H18F2N4O/c1-26(2)16-6-3-13(4-7-16)24-15-9-10-23-19(12-15)20(27)25-14-5-8-17(21)18(22)11-14/h3-12H,1-2H3,(H,23,24)(H,25,27). The van der Waals surface area contributed by atoms with E-state index in [-0.39, 0.29) is 11.4 Å². The number of aromatic nitrogens is 1. The van der Waals surface area contributed by atoms with Crippen LogP contribution in [-0.2, 0) is 0 Å². The summed E-state index contributed by atoms with van der Waals surface area (Å²) in [6.45, 7) is 0. The Bertz CT molecular complexity index is 958. The first-order valence-electron chi connectivity index (χ1n) is 8.19. The average Bonchev–Trinajstić information content (AvgIpc) is 2.65. The van der Waals surface area contributed by atoms with E-state index in [1.165, 1.54) is 12.3 Å². The van der Waals surface area contributed by atoms with Crippen LogP contribution in [0.5, 0.6) is 0 Å². The summed E-state index contributed by atoms with van der Waals surface area (Å²) < 4.78 is 26.2. The molecule has 7 heteroatoms. The third-order valence-electron chi connectivity index (χ3n) is 3.84. The number of carbonyl (C=O) groups excluding carboxylic acids is 1. The van der Waals surface area contributed by atoms with Gasteiger partial charge in [0.2, 0.25) is 0 Å². The summed E-state index contributed by atoms with van der Waals surface area (Å²) >= 11 is 0. The van der Waals surface area contributed by atoms with Crippen molar-refractivity contribution in [1.29, 1.82) is 0 Å². The van der Waals surface area contributed by atoms with Gasteiger partial charge in [0.05, 0.1) is 0 Å². The highest BCUT2D eigenvalue weighted by molar-refractivity contribution is 6.03. The molecule has 2 N–H and O–H groups in total. The van der Waals surface area contributed by atoms with Crippen LogP contribution in [0.1, 0.15) is 10.5 Å². The van der Waals surface area contributed by atoms with Gasteiger partial charge in [-0.1, -0.05) is 0 Å². The van der Waals surface area contributed by atoms with Gasteiger partial charge < -0.3 is 15.5 Å². The van der Waals surface area contributed by atoms with Gasteiger partial charge in [-0.05, 0) is 48.5 Å². The van der Waals surface area contributed by atoms with Crippen LogP contribution < -0.4 is 15.5 Å². The van der Waals surface area contributed by atoms with E-state index in [1.54, 1.807) is 12.1 Å². The number of anilines is 4. The van der Waals surface area contributed by atoms with Gasteiger partial charge in [-0.3, -0.25) is 9.78 Å². The van der Waals surface area contributed by atoms with Gasteiger partial charge >= 0.3 is 0 Å². The summed E-state index contributed by atoms with van der Waals surface area (Å²) in [5.74, 6) is -2.53. The Hall–Kier alpha value is -3.48. The van der Waals surface area contributed by atoms with Gasteiger partial charge in [0.25, 0.3) is 5.91 Å². The molecule has 0 bridgehead atoms. The van der Waals surface area contributed by atoms with Crippen molar-refractivity contribution >= 4 is 28.7 Å². The van der Waals surface area contributed by atoms with Gasteiger partial charge in [-0.2, -0.15) is 0 Å². The molecule has 0 aliphatic rings. The molecular weight excluding hydrogens is 350 g/mol. The molecule has 138 valence electrons. The monoisotopic (exact) mass is 368 g/mol. The number of amides is 1. The van der Waals surface area contributed by atoms with E-state index in [1.807, 2.05) is 43.3 Å². The Labute approximate surface area is 155 Å². The predicted molar refractivity (Wildman–Crippen MR) is 103 cm³/mol. The van der Waals surface area contributed by atoms with Crippen LogP contribution in [0.4, 0.5) is 31.5 Å². The van der Waals surface area contributed by atoms with Gasteiger partial charge in [-0.15, -0.1) is 0 Å². The summed E-state index contributed by atoms with van der Waals surface area (Å²) in [5, 5.41) is 5.69. The fraction of sp³-hybridized carbons (Fsp3) is 0.100. The quantitative estimate of drug-likeness (QED) is 0.700. The lowest BCUT2D eigenvalue weighted by Crippen LogP contribution is -2.14. The zero-order valence-electron chi connectivity index (χ0n) is 14.8. The van der Waals surface area contributed by atoms with Crippen molar-refractivity contribution in [3.05, 3.63) is 78.1 Å². The Balaban J connectivity index is 1.72. The maximum absolute atomic E-state index is 13.3. The van der Waals surface area contributed by atoms with Crippen molar-refractivity contribution < 1.29 is 13.6 Å². The number of rotatable bonds is 5. The molecule has 2 aromatic carbocycles. The zero-order chi connectivity index (χ0) is 19.4. The lowest BCUT2D eigenvalue weighted by atomic mass is 10.2. The maximum Gasteiger partial charge on any atom is 0.274 e. The van der Waals surface area contributed by atoms with Crippen molar-refractivity contribution in [2.45, 2.75) is 0 Å². The van der Waals surface area contributed by atoms with Crippen LogP contribution in [0.15, 0.2) is 60.8 Å². The van der Waals surface area contributed by atoms with E-state index in [0.29, 0.717) is 5.69 Å². The van der Waals surface area contributed by atoms with Crippen molar-refractivity contribution in [2.75, 3.05) is 29.6 Å². The molecule has 0 aliphatic heterocycles. The summed E-state index contributed by atoms with van der Waals surface area (Å²) in [4.78, 5) is 18.3. The summed E-state index contributed by atoms with van der Waals surface area (Å²) in [7, 11) is 3.92. The van der Waals surface area contributed by atoms with Gasteiger partial charge in [-0.25, -0.2) is 8.78 Å². The number of hydrogen-bond donors (Lipinski definition) is 2. The Kier molecular flexibility index (Phi) is 5.30. The molecule has 0 aliphatic carbocycles. The average molecular weight is 368 g/mol. The summed E-state index contributed by atoms with van der Waals surface area (Å²) in [6.07, 6.45) is 1.50. The molecule has 3 aromatic rings. The number of benzene rings is 2. The summed E-state index contributed by atoms with van der Waals surface area (Å²) in [6, 6.07) is 14.3. The number of carbonyl (C=O) groups is 1. The van der Waals surface area contributed by atoms with Crippen molar-refractivity contribution in [2.24, 2.45) is 0 Å². The molecule has 0 spiro atoms. The summed E-state index contributed by atoms with van der Waals surface area (Å²) in [5.41, 5.74) is 2.91. The second-order valence-electron chi connectivity index (χ2n) is 6.08. The van der Waals surface area contributed by atoms with Crippen molar-refractivity contribution in [1.82, 2.24) is 4.98 Å². The van der Waals surface area contributed by atoms with Crippen LogP contribution >= 0.6 is 0 Å². The minimum absolute atomic E-state index is 0.148. The second-order valence-corrected chi connectivity index (χ2v) is 6.08. The fourth-order valence-corrected chi connectivity index (χ4v) is 2.41. The van der Waals surface area contributed by atoms with Crippen LogP contribution in [-0.4, -0.2) is 25.0 Å². The lowest BCUT2D eigenvalue weighted by molar-refractivity contribution is 0.102. The molecule has 0 saturated heterocycles. The minimum Gasteiger partial charge on any atom is -0.378 e. The van der Waals surface area contributed by atoms with Crippen LogP contribution in [0.25, 0.3) is 0 Å². The normalized spacial score (nSPS) is 10.4. The fourth-order valence-electron chi connectivity index (χ4n) is 2.41. The smallest absolute Gasteiger partial charge is 0.274 e. The minimum atomic E-state index is -1.03. The molecule has 0 unspecified atom stereocenters. The molecule has 27 heavy (non-hydrogen) atoms. The largest absolute Gasteiger partial charge is 0.378 e. The van der Waals surface area contributed by atoms with Crippen LogP contribution in [0, 0.1) is 11.6 Å². The number of halogens is 2. The second kappa shape index (κ2) is 7.82. The van der Waals surface area contributed by atoms with Crippen molar-refractivity contribution in [3.63, 3.8) is 0 Å². The molecule has 3 rings (SSSR count). The van der Waals surface area contributed by atoms with E-state index in [0.717, 1.165) is 23.5 Å². The highest BCUT2D eigenvalue weighted by Gasteiger charge is 2.10. The number of hydrogen-bond acceptors (Lipinski definition) is 4. The van der Waals surface area contributed by atoms with Crippen LogP contribution in [0.2, 0.25) is 0 Å². The molecule has 1 amide bonds. The third kappa shape index (κ3) is 4.58. The number of nitrogens with zero attached hydrogens (tertiary/aromatic N) is 2. The highest BCUT2D eigenvalue weighted by Crippen LogP contribution is 2.21. The van der Waals surface area contributed by atoms with E-state index < -0.39 is 17.5 Å². The Morgan fingerprint density at radius 1 is 0.889 bits per heavy atom. The molecule has 5 nitrogen and oxygen atoms in total. The van der Waals surface area contributed by atoms with E-state index in [9.17, 15) is 13.6 Å². The first-order chi connectivity index (χ1) is 12.9. The van der Waals surface area contributed by atoms with Gasteiger partial charge in [0.1, 0.15) is 5.69 Å². The molecule has 0 atom stereocenters. The topological polar surface area (TPSA) is 57.3 Å². The van der Waals surface area contributed by atoms with Gasteiger partial charge in [0.15, 0.2) is 11.6 Å². The first kappa shape index (κ1) is 18.3.